The van der Waals surface area contributed by atoms with Gasteiger partial charge in [0.15, 0.2) is 0 Å². The van der Waals surface area contributed by atoms with Crippen molar-refractivity contribution in [2.75, 3.05) is 0 Å². The molecule has 1 aromatic rings. The second-order valence-corrected chi connectivity index (χ2v) is 5.00. The van der Waals surface area contributed by atoms with Crippen LogP contribution in [-0.2, 0) is 0 Å². The normalized spacial score (nSPS) is 12.2. The standard InChI is InChI=1S/C8H5BrClNS/c1-5(4-11)8(10)6-2-3-7(9)12-6/h2-3H,1H3/b8-5-. The summed E-state index contributed by atoms with van der Waals surface area (Å²) in [5.41, 5.74) is 0.547. The molecular weight excluding hydrogens is 258 g/mol. The fourth-order valence-electron chi connectivity index (χ4n) is 0.666. The van der Waals surface area contributed by atoms with E-state index in [0.717, 1.165) is 8.66 Å². The van der Waals surface area contributed by atoms with Gasteiger partial charge in [0, 0.05) is 10.5 Å². The van der Waals surface area contributed by atoms with Gasteiger partial charge >= 0.3 is 0 Å². The van der Waals surface area contributed by atoms with Gasteiger partial charge in [-0.2, -0.15) is 5.26 Å². The summed E-state index contributed by atoms with van der Waals surface area (Å²) in [6.45, 7) is 1.70. The largest absolute Gasteiger partial charge is 0.193 e. The molecule has 0 bridgehead atoms. The van der Waals surface area contributed by atoms with Gasteiger partial charge in [-0.3, -0.25) is 0 Å². The maximum Gasteiger partial charge on any atom is 0.0960 e. The molecule has 0 saturated carbocycles. The van der Waals surface area contributed by atoms with Crippen LogP contribution in [0.25, 0.3) is 5.03 Å². The highest BCUT2D eigenvalue weighted by molar-refractivity contribution is 9.11. The van der Waals surface area contributed by atoms with Crippen molar-refractivity contribution in [3.05, 3.63) is 26.4 Å². The molecule has 0 unspecified atom stereocenters. The Bertz CT molecular complexity index is 361. The van der Waals surface area contributed by atoms with Gasteiger partial charge in [-0.05, 0) is 35.0 Å². The number of hydrogen-bond donors (Lipinski definition) is 0. The molecule has 4 heteroatoms. The Morgan fingerprint density at radius 3 is 2.75 bits per heavy atom. The van der Waals surface area contributed by atoms with Crippen molar-refractivity contribution in [2.24, 2.45) is 0 Å². The lowest BCUT2D eigenvalue weighted by molar-refractivity contribution is 1.46. The minimum absolute atomic E-state index is 0.535. The summed E-state index contributed by atoms with van der Waals surface area (Å²) < 4.78 is 1.02. The second kappa shape index (κ2) is 4.08. The Hall–Kier alpha value is -0.300. The number of hydrogen-bond acceptors (Lipinski definition) is 2. The number of allylic oxidation sites excluding steroid dienone is 1. The molecule has 1 rings (SSSR count). The van der Waals surface area contributed by atoms with Crippen LogP contribution < -0.4 is 0 Å². The predicted molar refractivity (Wildman–Crippen MR) is 56.1 cm³/mol. The highest BCUT2D eigenvalue weighted by Gasteiger charge is 2.04. The quantitative estimate of drug-likeness (QED) is 0.702. The van der Waals surface area contributed by atoms with Gasteiger partial charge in [0.2, 0.25) is 0 Å². The van der Waals surface area contributed by atoms with Gasteiger partial charge in [0.05, 0.1) is 14.9 Å². The topological polar surface area (TPSA) is 23.8 Å². The van der Waals surface area contributed by atoms with Crippen LogP contribution in [0.1, 0.15) is 11.8 Å². The molecule has 62 valence electrons. The summed E-state index contributed by atoms with van der Waals surface area (Å²) in [5, 5.41) is 9.11. The van der Waals surface area contributed by atoms with E-state index in [4.69, 9.17) is 16.9 Å². The molecule has 0 aromatic carbocycles. The lowest BCUT2D eigenvalue weighted by atomic mass is 10.3. The van der Waals surface area contributed by atoms with Crippen LogP contribution in [0.5, 0.6) is 0 Å². The Labute approximate surface area is 88.4 Å². The van der Waals surface area contributed by atoms with Crippen molar-refractivity contribution >= 4 is 43.9 Å². The third-order valence-electron chi connectivity index (χ3n) is 1.29. The summed E-state index contributed by atoms with van der Waals surface area (Å²) in [5.74, 6) is 0. The first-order chi connectivity index (χ1) is 5.65. The van der Waals surface area contributed by atoms with Crippen molar-refractivity contribution < 1.29 is 0 Å². The monoisotopic (exact) mass is 261 g/mol. The van der Waals surface area contributed by atoms with Crippen LogP contribution in [0.15, 0.2) is 21.5 Å². The predicted octanol–water partition coefficient (Wildman–Crippen LogP) is 4.00. The van der Waals surface area contributed by atoms with Gasteiger partial charge in [0.25, 0.3) is 0 Å². The fourth-order valence-corrected chi connectivity index (χ4v) is 2.27. The van der Waals surface area contributed by atoms with E-state index in [1.165, 1.54) is 11.3 Å². The molecule has 0 spiro atoms. The van der Waals surface area contributed by atoms with E-state index in [9.17, 15) is 0 Å². The first-order valence-corrected chi connectivity index (χ1v) is 5.16. The molecule has 0 aliphatic carbocycles. The number of halogens is 2. The molecule has 1 aromatic heterocycles. The van der Waals surface area contributed by atoms with Crippen LogP contribution in [0.2, 0.25) is 0 Å². The van der Waals surface area contributed by atoms with E-state index in [0.29, 0.717) is 10.6 Å². The fraction of sp³-hybridized carbons (Fsp3) is 0.125. The highest BCUT2D eigenvalue weighted by Crippen LogP contribution is 2.31. The Balaban J connectivity index is 3.09. The smallest absolute Gasteiger partial charge is 0.0960 e. The number of nitriles is 1. The average molecular weight is 263 g/mol. The molecule has 0 amide bonds. The zero-order valence-corrected chi connectivity index (χ0v) is 9.42. The second-order valence-electron chi connectivity index (χ2n) is 2.15. The van der Waals surface area contributed by atoms with E-state index in [1.807, 2.05) is 18.2 Å². The van der Waals surface area contributed by atoms with E-state index >= 15 is 0 Å². The third-order valence-corrected chi connectivity index (χ3v) is 3.53. The van der Waals surface area contributed by atoms with Gasteiger partial charge in [-0.15, -0.1) is 11.3 Å². The van der Waals surface area contributed by atoms with Gasteiger partial charge in [-0.25, -0.2) is 0 Å². The highest BCUT2D eigenvalue weighted by atomic mass is 79.9. The molecular formula is C8H5BrClNS. The van der Waals surface area contributed by atoms with Crippen molar-refractivity contribution in [3.63, 3.8) is 0 Å². The van der Waals surface area contributed by atoms with Crippen LogP contribution >= 0.6 is 38.9 Å². The maximum absolute atomic E-state index is 8.57. The zero-order valence-electron chi connectivity index (χ0n) is 6.27. The van der Waals surface area contributed by atoms with E-state index < -0.39 is 0 Å². The number of thiophene rings is 1. The van der Waals surface area contributed by atoms with Crippen LogP contribution in [-0.4, -0.2) is 0 Å². The molecule has 1 nitrogen and oxygen atoms in total. The molecule has 0 fully saturated rings. The molecule has 0 aliphatic rings. The van der Waals surface area contributed by atoms with Gasteiger partial charge in [0.1, 0.15) is 0 Å². The van der Waals surface area contributed by atoms with Crippen molar-refractivity contribution in [3.8, 4) is 6.07 Å². The molecule has 0 aliphatic heterocycles. The van der Waals surface area contributed by atoms with Crippen LogP contribution in [0.4, 0.5) is 0 Å². The Kier molecular flexibility index (Phi) is 3.33. The molecule has 0 radical (unpaired) electrons. The summed E-state index contributed by atoms with van der Waals surface area (Å²) in [6, 6.07) is 5.81. The molecule has 1 heterocycles. The first kappa shape index (κ1) is 9.79. The molecule has 0 saturated heterocycles. The zero-order chi connectivity index (χ0) is 9.14. The van der Waals surface area contributed by atoms with Crippen molar-refractivity contribution in [1.82, 2.24) is 0 Å². The van der Waals surface area contributed by atoms with Crippen molar-refractivity contribution in [2.45, 2.75) is 6.92 Å². The van der Waals surface area contributed by atoms with Crippen LogP contribution in [0.3, 0.4) is 0 Å². The maximum atomic E-state index is 8.57. The summed E-state index contributed by atoms with van der Waals surface area (Å²) >= 11 is 10.8. The summed E-state index contributed by atoms with van der Waals surface area (Å²) in [7, 11) is 0. The number of rotatable bonds is 1. The lowest BCUT2D eigenvalue weighted by Gasteiger charge is -1.92. The Morgan fingerprint density at radius 2 is 2.33 bits per heavy atom. The van der Waals surface area contributed by atoms with E-state index in [-0.39, 0.29) is 0 Å². The van der Waals surface area contributed by atoms with Gasteiger partial charge in [-0.1, -0.05) is 11.6 Å². The van der Waals surface area contributed by atoms with E-state index in [2.05, 4.69) is 15.9 Å². The van der Waals surface area contributed by atoms with Crippen molar-refractivity contribution in [1.29, 1.82) is 5.26 Å². The van der Waals surface area contributed by atoms with Gasteiger partial charge < -0.3 is 0 Å². The molecule has 0 N–H and O–H groups in total. The minimum Gasteiger partial charge on any atom is -0.193 e. The summed E-state index contributed by atoms with van der Waals surface area (Å²) in [6.07, 6.45) is 0. The SMILES string of the molecule is C/C(C#N)=C(/Cl)c1ccc(Br)s1. The third kappa shape index (κ3) is 2.10. The molecule has 0 atom stereocenters. The number of nitrogens with zero attached hydrogens (tertiary/aromatic N) is 1. The van der Waals surface area contributed by atoms with E-state index in [1.54, 1.807) is 6.92 Å². The molecule has 12 heavy (non-hydrogen) atoms. The first-order valence-electron chi connectivity index (χ1n) is 3.17. The van der Waals surface area contributed by atoms with Crippen LogP contribution in [0, 0.1) is 11.3 Å². The summed E-state index contributed by atoms with van der Waals surface area (Å²) in [4.78, 5) is 0.919. The minimum atomic E-state index is 0.535. The average Bonchev–Trinajstić information content (AvgIpc) is 2.49. The lowest BCUT2D eigenvalue weighted by Crippen LogP contribution is -1.73. The Morgan fingerprint density at radius 1 is 1.67 bits per heavy atom.